The van der Waals surface area contributed by atoms with Gasteiger partial charge in [0.15, 0.2) is 11.1 Å². The first-order valence-electron chi connectivity index (χ1n) is 6.81. The van der Waals surface area contributed by atoms with Gasteiger partial charge in [0.05, 0.1) is 4.92 Å². The van der Waals surface area contributed by atoms with Crippen LogP contribution in [0.5, 0.6) is 0 Å². The largest absolute Gasteiger partial charge is 0.423 e. The van der Waals surface area contributed by atoms with Crippen LogP contribution in [0.4, 0.5) is 11.7 Å². The summed E-state index contributed by atoms with van der Waals surface area (Å²) in [6, 6.07) is 5.25. The molecule has 2 atom stereocenters. The van der Waals surface area contributed by atoms with E-state index >= 15 is 0 Å². The number of oxazole rings is 1. The van der Waals surface area contributed by atoms with Crippen molar-refractivity contribution in [3.8, 4) is 0 Å². The summed E-state index contributed by atoms with van der Waals surface area (Å²) in [6.07, 6.45) is 2.11. The van der Waals surface area contributed by atoms with E-state index in [-0.39, 0.29) is 17.2 Å². The van der Waals surface area contributed by atoms with Gasteiger partial charge in [-0.2, -0.15) is 4.98 Å². The quantitative estimate of drug-likeness (QED) is 0.638. The van der Waals surface area contributed by atoms with Crippen molar-refractivity contribution in [2.45, 2.75) is 39.7 Å². The average Bonchev–Trinajstić information content (AvgIpc) is 2.79. The van der Waals surface area contributed by atoms with Crippen LogP contribution >= 0.6 is 0 Å². The van der Waals surface area contributed by atoms with Crippen LogP contribution in [0.2, 0.25) is 0 Å². The normalized spacial score (nSPS) is 14.2. The van der Waals surface area contributed by atoms with Gasteiger partial charge in [0.2, 0.25) is 0 Å². The summed E-state index contributed by atoms with van der Waals surface area (Å²) in [7, 11) is 0. The van der Waals surface area contributed by atoms with Gasteiger partial charge in [-0.1, -0.05) is 26.3 Å². The Labute approximate surface area is 117 Å². The molecular weight excluding hydrogens is 258 g/mol. The first-order valence-corrected chi connectivity index (χ1v) is 6.81. The smallest absolute Gasteiger partial charge is 0.298 e. The van der Waals surface area contributed by atoms with Crippen molar-refractivity contribution in [2.24, 2.45) is 5.92 Å². The Morgan fingerprint density at radius 1 is 1.45 bits per heavy atom. The SMILES string of the molecule is CCC(C)CC(C)Nc1nc2c([N+](=O)[O-])cccc2o1. The molecule has 1 heterocycles. The topological polar surface area (TPSA) is 81.2 Å². The zero-order valence-corrected chi connectivity index (χ0v) is 11.9. The molecule has 0 aliphatic carbocycles. The number of fused-ring (bicyclic) bond motifs is 1. The second kappa shape index (κ2) is 5.90. The maximum atomic E-state index is 10.9. The molecule has 2 unspecified atom stereocenters. The van der Waals surface area contributed by atoms with Crippen LogP contribution in [-0.2, 0) is 0 Å². The fourth-order valence-electron chi connectivity index (χ4n) is 2.18. The van der Waals surface area contributed by atoms with Gasteiger partial charge in [-0.15, -0.1) is 0 Å². The fourth-order valence-corrected chi connectivity index (χ4v) is 2.18. The minimum Gasteiger partial charge on any atom is -0.423 e. The molecule has 1 aromatic heterocycles. The Morgan fingerprint density at radius 2 is 2.20 bits per heavy atom. The van der Waals surface area contributed by atoms with Crippen LogP contribution in [0.15, 0.2) is 22.6 Å². The summed E-state index contributed by atoms with van der Waals surface area (Å²) < 4.78 is 5.52. The maximum Gasteiger partial charge on any atom is 0.298 e. The third kappa shape index (κ3) is 3.07. The molecule has 0 aliphatic heterocycles. The van der Waals surface area contributed by atoms with Crippen molar-refractivity contribution in [3.63, 3.8) is 0 Å². The number of nitro groups is 1. The lowest BCUT2D eigenvalue weighted by molar-refractivity contribution is -0.383. The number of nitro benzene ring substituents is 1. The maximum absolute atomic E-state index is 10.9. The van der Waals surface area contributed by atoms with E-state index in [0.717, 1.165) is 12.8 Å². The van der Waals surface area contributed by atoms with E-state index in [2.05, 4.69) is 31.1 Å². The van der Waals surface area contributed by atoms with Gasteiger partial charge in [-0.3, -0.25) is 10.1 Å². The summed E-state index contributed by atoms with van der Waals surface area (Å²) in [4.78, 5) is 14.7. The van der Waals surface area contributed by atoms with Gasteiger partial charge in [0.25, 0.3) is 11.7 Å². The molecule has 0 saturated carbocycles. The van der Waals surface area contributed by atoms with Gasteiger partial charge < -0.3 is 9.73 Å². The summed E-state index contributed by atoms with van der Waals surface area (Å²) >= 11 is 0. The lowest BCUT2D eigenvalue weighted by atomic mass is 10.0. The monoisotopic (exact) mass is 277 g/mol. The van der Waals surface area contributed by atoms with Crippen molar-refractivity contribution in [3.05, 3.63) is 28.3 Å². The second-order valence-electron chi connectivity index (χ2n) is 5.19. The van der Waals surface area contributed by atoms with E-state index in [1.54, 1.807) is 12.1 Å². The van der Waals surface area contributed by atoms with E-state index in [1.165, 1.54) is 6.07 Å². The molecule has 108 valence electrons. The van der Waals surface area contributed by atoms with Crippen LogP contribution < -0.4 is 5.32 Å². The Balaban J connectivity index is 2.20. The summed E-state index contributed by atoms with van der Waals surface area (Å²) in [5, 5.41) is 14.1. The standard InChI is InChI=1S/C14H19N3O3/c1-4-9(2)8-10(3)15-14-16-13-11(17(18)19)6-5-7-12(13)20-14/h5-7,9-10H,4,8H2,1-3H3,(H,15,16). The molecule has 6 nitrogen and oxygen atoms in total. The number of anilines is 1. The Morgan fingerprint density at radius 3 is 2.85 bits per heavy atom. The minimum atomic E-state index is -0.447. The molecule has 0 amide bonds. The molecule has 1 aromatic carbocycles. The molecular formula is C14H19N3O3. The zero-order valence-electron chi connectivity index (χ0n) is 11.9. The highest BCUT2D eigenvalue weighted by Crippen LogP contribution is 2.27. The van der Waals surface area contributed by atoms with Crippen molar-refractivity contribution in [1.29, 1.82) is 0 Å². The number of hydrogen-bond donors (Lipinski definition) is 1. The lowest BCUT2D eigenvalue weighted by Gasteiger charge is -2.15. The van der Waals surface area contributed by atoms with E-state index in [4.69, 9.17) is 4.42 Å². The van der Waals surface area contributed by atoms with Gasteiger partial charge in [0, 0.05) is 12.1 Å². The lowest BCUT2D eigenvalue weighted by Crippen LogP contribution is -2.18. The van der Waals surface area contributed by atoms with Crippen LogP contribution in [0.25, 0.3) is 11.1 Å². The van der Waals surface area contributed by atoms with Gasteiger partial charge in [0.1, 0.15) is 0 Å². The van der Waals surface area contributed by atoms with Crippen LogP contribution in [-0.4, -0.2) is 15.9 Å². The molecule has 20 heavy (non-hydrogen) atoms. The number of non-ortho nitro benzene ring substituents is 1. The average molecular weight is 277 g/mol. The molecule has 0 fully saturated rings. The van der Waals surface area contributed by atoms with Crippen LogP contribution in [0, 0.1) is 16.0 Å². The predicted octanol–water partition coefficient (Wildman–Crippen LogP) is 3.97. The van der Waals surface area contributed by atoms with Crippen LogP contribution in [0.3, 0.4) is 0 Å². The fraction of sp³-hybridized carbons (Fsp3) is 0.500. The molecule has 6 heteroatoms. The third-order valence-electron chi connectivity index (χ3n) is 3.42. The Bertz CT molecular complexity index is 609. The van der Waals surface area contributed by atoms with E-state index in [0.29, 0.717) is 17.5 Å². The first-order chi connectivity index (χ1) is 9.51. The Kier molecular flexibility index (Phi) is 4.22. The van der Waals surface area contributed by atoms with Gasteiger partial charge in [-0.05, 0) is 25.3 Å². The summed E-state index contributed by atoms with van der Waals surface area (Å²) in [5.74, 6) is 0.608. The van der Waals surface area contributed by atoms with Gasteiger partial charge >= 0.3 is 0 Å². The van der Waals surface area contributed by atoms with Crippen molar-refractivity contribution in [2.75, 3.05) is 5.32 Å². The minimum absolute atomic E-state index is 0.0334. The number of para-hydroxylation sites is 1. The molecule has 0 radical (unpaired) electrons. The second-order valence-corrected chi connectivity index (χ2v) is 5.19. The van der Waals surface area contributed by atoms with Crippen molar-refractivity contribution < 1.29 is 9.34 Å². The highest BCUT2D eigenvalue weighted by atomic mass is 16.6. The summed E-state index contributed by atoms with van der Waals surface area (Å²) in [5.41, 5.74) is 0.682. The summed E-state index contributed by atoms with van der Waals surface area (Å²) in [6.45, 7) is 6.39. The molecule has 0 aliphatic rings. The van der Waals surface area contributed by atoms with E-state index in [1.807, 2.05) is 0 Å². The highest BCUT2D eigenvalue weighted by molar-refractivity contribution is 5.84. The van der Waals surface area contributed by atoms with Gasteiger partial charge in [-0.25, -0.2) is 0 Å². The van der Waals surface area contributed by atoms with Crippen molar-refractivity contribution in [1.82, 2.24) is 4.98 Å². The zero-order chi connectivity index (χ0) is 14.7. The number of nitrogens with one attached hydrogen (secondary N) is 1. The first kappa shape index (κ1) is 14.3. The number of rotatable bonds is 6. The molecule has 0 spiro atoms. The molecule has 2 rings (SSSR count). The molecule has 0 bridgehead atoms. The molecule has 1 N–H and O–H groups in total. The molecule has 2 aromatic rings. The van der Waals surface area contributed by atoms with E-state index in [9.17, 15) is 10.1 Å². The number of nitrogens with zero attached hydrogens (tertiary/aromatic N) is 2. The number of hydrogen-bond acceptors (Lipinski definition) is 5. The predicted molar refractivity (Wildman–Crippen MR) is 77.8 cm³/mol. The highest BCUT2D eigenvalue weighted by Gasteiger charge is 2.18. The molecule has 0 saturated heterocycles. The van der Waals surface area contributed by atoms with E-state index < -0.39 is 4.92 Å². The Hall–Kier alpha value is -2.11. The number of aromatic nitrogens is 1. The third-order valence-corrected chi connectivity index (χ3v) is 3.42. The van der Waals surface area contributed by atoms with Crippen LogP contribution in [0.1, 0.15) is 33.6 Å². The van der Waals surface area contributed by atoms with Crippen molar-refractivity contribution >= 4 is 22.8 Å². The number of benzene rings is 1.